The average Bonchev–Trinajstić information content (AvgIpc) is 2.37. The van der Waals surface area contributed by atoms with Gasteiger partial charge in [-0.1, -0.05) is 6.08 Å². The molecule has 1 aliphatic heterocycles. The van der Waals surface area contributed by atoms with Gasteiger partial charge in [-0.2, -0.15) is 13.2 Å². The average molecular weight is 274 g/mol. The summed E-state index contributed by atoms with van der Waals surface area (Å²) in [7, 11) is 0. The lowest BCUT2D eigenvalue weighted by molar-refractivity contribution is -0.153. The highest BCUT2D eigenvalue weighted by atomic mass is 19.4. The molecule has 2 heterocycles. The van der Waals surface area contributed by atoms with Crippen LogP contribution in [-0.4, -0.2) is 31.0 Å². The van der Waals surface area contributed by atoms with E-state index < -0.39 is 12.8 Å². The van der Waals surface area contributed by atoms with Crippen molar-refractivity contribution in [2.24, 2.45) is 0 Å². The molecule has 0 atom stereocenters. The molecule has 19 heavy (non-hydrogen) atoms. The molecule has 104 valence electrons. The number of halogens is 3. The summed E-state index contributed by atoms with van der Waals surface area (Å²) in [6, 6.07) is 0. The lowest BCUT2D eigenvalue weighted by Crippen LogP contribution is -2.20. The summed E-state index contributed by atoms with van der Waals surface area (Å²) in [6.45, 7) is -0.444. The number of nitrogens with zero attached hydrogens (tertiary/aromatic N) is 1. The van der Waals surface area contributed by atoms with Gasteiger partial charge in [0, 0.05) is 11.8 Å². The highest BCUT2D eigenvalue weighted by Gasteiger charge is 2.29. The fourth-order valence-electron chi connectivity index (χ4n) is 1.78. The van der Waals surface area contributed by atoms with E-state index in [1.165, 1.54) is 12.4 Å². The van der Waals surface area contributed by atoms with Gasteiger partial charge in [-0.05, 0) is 12.0 Å². The summed E-state index contributed by atoms with van der Waals surface area (Å²) in [6.07, 6.45) is 0.708. The number of ether oxygens (including phenoxy) is 2. The highest BCUT2D eigenvalue weighted by Crippen LogP contribution is 2.34. The molecule has 0 saturated heterocycles. The summed E-state index contributed by atoms with van der Waals surface area (Å²) in [5.74, 6) is 0.0282. The van der Waals surface area contributed by atoms with Crippen LogP contribution in [0, 0.1) is 0 Å². The molecule has 4 nitrogen and oxygen atoms in total. The second-order valence-corrected chi connectivity index (χ2v) is 4.06. The quantitative estimate of drug-likeness (QED) is 0.919. The normalized spacial score (nSPS) is 16.1. The summed E-state index contributed by atoms with van der Waals surface area (Å²) < 4.78 is 46.7. The first kappa shape index (κ1) is 13.7. The van der Waals surface area contributed by atoms with Gasteiger partial charge in [0.25, 0.3) is 0 Å². The molecular formula is C12H13F3N2O2. The van der Waals surface area contributed by atoms with E-state index in [1.54, 1.807) is 6.08 Å². The smallest absolute Gasteiger partial charge is 0.422 e. The zero-order chi connectivity index (χ0) is 13.9. The Kier molecular flexibility index (Phi) is 3.94. The van der Waals surface area contributed by atoms with Gasteiger partial charge >= 0.3 is 6.18 Å². The number of hydrogen-bond donors (Lipinski definition) is 1. The summed E-state index contributed by atoms with van der Waals surface area (Å²) in [5.41, 5.74) is 7.07. The Labute approximate surface area is 108 Å². The molecule has 0 radical (unpaired) electrons. The molecule has 2 N–H and O–H groups in total. The van der Waals surface area contributed by atoms with Crippen LogP contribution in [0.1, 0.15) is 12.0 Å². The summed E-state index contributed by atoms with van der Waals surface area (Å²) in [4.78, 5) is 3.90. The van der Waals surface area contributed by atoms with E-state index in [0.717, 1.165) is 5.57 Å². The molecular weight excluding hydrogens is 261 g/mol. The minimum atomic E-state index is -4.41. The Morgan fingerprint density at radius 1 is 1.37 bits per heavy atom. The molecule has 0 fully saturated rings. The van der Waals surface area contributed by atoms with Gasteiger partial charge in [-0.25, -0.2) is 0 Å². The number of anilines is 1. The lowest BCUT2D eigenvalue weighted by Gasteiger charge is -2.18. The number of rotatable bonds is 3. The molecule has 2 rings (SSSR count). The van der Waals surface area contributed by atoms with Crippen molar-refractivity contribution in [1.29, 1.82) is 0 Å². The third-order valence-electron chi connectivity index (χ3n) is 2.61. The summed E-state index contributed by atoms with van der Waals surface area (Å²) in [5, 5.41) is 0. The Morgan fingerprint density at radius 3 is 2.79 bits per heavy atom. The maximum atomic E-state index is 12.2. The Hall–Kier alpha value is -1.76. The van der Waals surface area contributed by atoms with Crippen LogP contribution in [0.4, 0.5) is 18.9 Å². The molecule has 0 saturated carbocycles. The second-order valence-electron chi connectivity index (χ2n) is 4.06. The first-order chi connectivity index (χ1) is 8.97. The Balaban J connectivity index is 2.28. The number of nitrogens with two attached hydrogens (primary N) is 1. The number of alkyl halides is 3. The van der Waals surface area contributed by atoms with Crippen molar-refractivity contribution in [1.82, 2.24) is 4.98 Å². The summed E-state index contributed by atoms with van der Waals surface area (Å²) >= 11 is 0. The van der Waals surface area contributed by atoms with Crippen LogP contribution >= 0.6 is 0 Å². The number of aromatic nitrogens is 1. The molecule has 7 heteroatoms. The molecule has 0 aliphatic carbocycles. The van der Waals surface area contributed by atoms with Crippen LogP contribution in [0.5, 0.6) is 5.75 Å². The van der Waals surface area contributed by atoms with Crippen molar-refractivity contribution < 1.29 is 22.6 Å². The van der Waals surface area contributed by atoms with Gasteiger partial charge in [0.05, 0.1) is 25.1 Å². The first-order valence-electron chi connectivity index (χ1n) is 5.67. The van der Waals surface area contributed by atoms with Crippen molar-refractivity contribution in [3.8, 4) is 5.75 Å². The number of pyridine rings is 1. The predicted molar refractivity (Wildman–Crippen MR) is 63.6 cm³/mol. The van der Waals surface area contributed by atoms with Gasteiger partial charge in [-0.15, -0.1) is 0 Å². The minimum absolute atomic E-state index is 0.0282. The number of hydrogen-bond acceptors (Lipinski definition) is 4. The van der Waals surface area contributed by atoms with Crippen LogP contribution in [0.3, 0.4) is 0 Å². The van der Waals surface area contributed by atoms with Crippen molar-refractivity contribution in [3.05, 3.63) is 24.0 Å². The second kappa shape index (κ2) is 5.48. The molecule has 1 aliphatic rings. The number of nitrogen functional groups attached to an aromatic ring is 1. The van der Waals surface area contributed by atoms with Crippen molar-refractivity contribution in [2.45, 2.75) is 12.6 Å². The van der Waals surface area contributed by atoms with E-state index in [-0.39, 0.29) is 11.4 Å². The molecule has 0 aromatic carbocycles. The van der Waals surface area contributed by atoms with E-state index in [2.05, 4.69) is 4.98 Å². The Morgan fingerprint density at radius 2 is 2.16 bits per heavy atom. The van der Waals surface area contributed by atoms with Gasteiger partial charge in [0.15, 0.2) is 12.4 Å². The van der Waals surface area contributed by atoms with Crippen LogP contribution in [0.15, 0.2) is 18.5 Å². The topological polar surface area (TPSA) is 57.4 Å². The molecule has 1 aromatic rings. The molecule has 1 aromatic heterocycles. The van der Waals surface area contributed by atoms with Gasteiger partial charge in [0.2, 0.25) is 0 Å². The van der Waals surface area contributed by atoms with E-state index in [4.69, 9.17) is 15.2 Å². The minimum Gasteiger partial charge on any atom is -0.481 e. The van der Waals surface area contributed by atoms with Crippen molar-refractivity contribution in [3.63, 3.8) is 0 Å². The van der Waals surface area contributed by atoms with Gasteiger partial charge in [0.1, 0.15) is 0 Å². The van der Waals surface area contributed by atoms with Crippen molar-refractivity contribution in [2.75, 3.05) is 25.6 Å². The van der Waals surface area contributed by atoms with Crippen LogP contribution in [-0.2, 0) is 4.74 Å². The molecule has 0 unspecified atom stereocenters. The maximum Gasteiger partial charge on any atom is 0.422 e. The van der Waals surface area contributed by atoms with E-state index >= 15 is 0 Å². The largest absolute Gasteiger partial charge is 0.481 e. The van der Waals surface area contributed by atoms with E-state index in [1.807, 2.05) is 0 Å². The predicted octanol–water partition coefficient (Wildman–Crippen LogP) is 2.41. The molecule has 0 bridgehead atoms. The van der Waals surface area contributed by atoms with Gasteiger partial charge < -0.3 is 15.2 Å². The third kappa shape index (κ3) is 3.60. The zero-order valence-corrected chi connectivity index (χ0v) is 10.0. The van der Waals surface area contributed by atoms with E-state index in [9.17, 15) is 13.2 Å². The highest BCUT2D eigenvalue weighted by molar-refractivity contribution is 5.75. The van der Waals surface area contributed by atoms with Gasteiger partial charge in [-0.3, -0.25) is 4.98 Å². The SMILES string of the molecule is Nc1cncc(C2=CCOCC2)c1OCC(F)(F)F. The van der Waals surface area contributed by atoms with Crippen molar-refractivity contribution >= 4 is 11.3 Å². The lowest BCUT2D eigenvalue weighted by atomic mass is 10.0. The molecule has 0 amide bonds. The van der Waals surface area contributed by atoms with E-state index in [0.29, 0.717) is 25.2 Å². The fraction of sp³-hybridized carbons (Fsp3) is 0.417. The Bertz CT molecular complexity index is 486. The molecule has 0 spiro atoms. The first-order valence-corrected chi connectivity index (χ1v) is 5.67. The fourth-order valence-corrected chi connectivity index (χ4v) is 1.78. The standard InChI is InChI=1S/C12H13F3N2O2/c13-12(14,15)7-19-11-9(5-17-6-10(11)16)8-1-3-18-4-2-8/h1,5-6H,2-4,7,16H2. The zero-order valence-electron chi connectivity index (χ0n) is 10.0. The van der Waals surface area contributed by atoms with Crippen LogP contribution in [0.2, 0.25) is 0 Å². The van der Waals surface area contributed by atoms with Crippen LogP contribution < -0.4 is 10.5 Å². The maximum absolute atomic E-state index is 12.2. The monoisotopic (exact) mass is 274 g/mol. The van der Waals surface area contributed by atoms with Crippen LogP contribution in [0.25, 0.3) is 5.57 Å². The third-order valence-corrected chi connectivity index (χ3v) is 2.61.